The molecule has 29 heavy (non-hydrogen) atoms. The Morgan fingerprint density at radius 1 is 1.10 bits per heavy atom. The summed E-state index contributed by atoms with van der Waals surface area (Å²) in [6.45, 7) is 7.04. The maximum atomic E-state index is 13.1. The Hall–Kier alpha value is -2.63. The molecule has 0 saturated carbocycles. The number of hydrogen-bond acceptors (Lipinski definition) is 3. The van der Waals surface area contributed by atoms with Gasteiger partial charge >= 0.3 is 0 Å². The van der Waals surface area contributed by atoms with Gasteiger partial charge in [-0.15, -0.1) is 0 Å². The van der Waals surface area contributed by atoms with E-state index in [0.29, 0.717) is 24.0 Å². The summed E-state index contributed by atoms with van der Waals surface area (Å²) >= 11 is 0. The van der Waals surface area contributed by atoms with Crippen molar-refractivity contribution in [2.45, 2.75) is 59.0 Å². The molecule has 3 heterocycles. The van der Waals surface area contributed by atoms with Crippen molar-refractivity contribution in [2.75, 3.05) is 13.1 Å². The monoisotopic (exact) mass is 394 g/mol. The molecule has 0 aliphatic carbocycles. The van der Waals surface area contributed by atoms with Gasteiger partial charge in [0, 0.05) is 26.2 Å². The van der Waals surface area contributed by atoms with Gasteiger partial charge in [0.25, 0.3) is 11.8 Å². The predicted molar refractivity (Wildman–Crippen MR) is 112 cm³/mol. The molecule has 2 aliphatic heterocycles. The van der Waals surface area contributed by atoms with Crippen LogP contribution in [0.5, 0.6) is 0 Å². The zero-order chi connectivity index (χ0) is 20.4. The molecule has 0 atom stereocenters. The second-order valence-corrected chi connectivity index (χ2v) is 8.48. The van der Waals surface area contributed by atoms with Gasteiger partial charge < -0.3 is 14.8 Å². The number of amides is 2. The molecule has 1 fully saturated rings. The second kappa shape index (κ2) is 8.39. The van der Waals surface area contributed by atoms with Crippen LogP contribution >= 0.6 is 0 Å². The second-order valence-electron chi connectivity index (χ2n) is 8.48. The number of piperidine rings is 1. The summed E-state index contributed by atoms with van der Waals surface area (Å²) in [5.74, 6) is 0.881. The maximum absolute atomic E-state index is 13.1. The molecule has 2 amide bonds. The molecule has 0 radical (unpaired) electrons. The maximum Gasteiger partial charge on any atom is 0.289 e. The first-order chi connectivity index (χ1) is 14.0. The third-order valence-corrected chi connectivity index (χ3v) is 6.17. The summed E-state index contributed by atoms with van der Waals surface area (Å²) in [4.78, 5) is 32.5. The standard InChI is InChI=1S/C23H30N4O2/c1-16-6-8-18(9-7-16)15-24-22(28)20-19-5-3-4-12-27(19)21(25-20)23(29)26-13-10-17(2)11-14-26/h6-9,17H,3-5,10-15H2,1-2H3,(H,24,28). The van der Waals surface area contributed by atoms with E-state index in [1.807, 2.05) is 40.7 Å². The van der Waals surface area contributed by atoms with E-state index >= 15 is 0 Å². The van der Waals surface area contributed by atoms with Gasteiger partial charge in [-0.25, -0.2) is 4.98 Å². The summed E-state index contributed by atoms with van der Waals surface area (Å²) in [6, 6.07) is 8.11. The Labute approximate surface area is 172 Å². The van der Waals surface area contributed by atoms with Crippen LogP contribution in [-0.4, -0.2) is 39.4 Å². The van der Waals surface area contributed by atoms with Crippen molar-refractivity contribution in [3.8, 4) is 0 Å². The number of aromatic nitrogens is 2. The van der Waals surface area contributed by atoms with Gasteiger partial charge in [0.1, 0.15) is 5.69 Å². The fraction of sp³-hybridized carbons (Fsp3) is 0.522. The molecule has 2 aromatic rings. The van der Waals surface area contributed by atoms with Crippen molar-refractivity contribution in [1.29, 1.82) is 0 Å². The van der Waals surface area contributed by atoms with Crippen LogP contribution in [0.3, 0.4) is 0 Å². The van der Waals surface area contributed by atoms with Crippen molar-refractivity contribution in [3.05, 3.63) is 52.6 Å². The third-order valence-electron chi connectivity index (χ3n) is 6.17. The zero-order valence-corrected chi connectivity index (χ0v) is 17.4. The van der Waals surface area contributed by atoms with Crippen molar-refractivity contribution in [3.63, 3.8) is 0 Å². The minimum Gasteiger partial charge on any atom is -0.347 e. The third kappa shape index (κ3) is 4.21. The molecule has 6 nitrogen and oxygen atoms in total. The Morgan fingerprint density at radius 3 is 2.55 bits per heavy atom. The van der Waals surface area contributed by atoms with Gasteiger partial charge in [-0.1, -0.05) is 36.8 Å². The predicted octanol–water partition coefficient (Wildman–Crippen LogP) is 3.33. The topological polar surface area (TPSA) is 67.2 Å². The van der Waals surface area contributed by atoms with Crippen molar-refractivity contribution in [2.24, 2.45) is 5.92 Å². The fourth-order valence-electron chi connectivity index (χ4n) is 4.21. The molecule has 1 saturated heterocycles. The minimum atomic E-state index is -0.192. The average Bonchev–Trinajstić information content (AvgIpc) is 3.13. The normalized spacial score (nSPS) is 17.1. The summed E-state index contributed by atoms with van der Waals surface area (Å²) < 4.78 is 1.99. The fourth-order valence-corrected chi connectivity index (χ4v) is 4.21. The van der Waals surface area contributed by atoms with Crippen LogP contribution in [0, 0.1) is 12.8 Å². The van der Waals surface area contributed by atoms with Crippen LogP contribution in [0.1, 0.15) is 70.5 Å². The molecule has 6 heteroatoms. The van der Waals surface area contributed by atoms with Gasteiger partial charge in [0.2, 0.25) is 0 Å². The van der Waals surface area contributed by atoms with Crippen molar-refractivity contribution >= 4 is 11.8 Å². The first-order valence-corrected chi connectivity index (χ1v) is 10.8. The number of fused-ring (bicyclic) bond motifs is 1. The van der Waals surface area contributed by atoms with E-state index in [-0.39, 0.29) is 11.8 Å². The van der Waals surface area contributed by atoms with Crippen molar-refractivity contribution in [1.82, 2.24) is 19.8 Å². The summed E-state index contributed by atoms with van der Waals surface area (Å²) in [7, 11) is 0. The van der Waals surface area contributed by atoms with E-state index in [1.165, 1.54) is 5.56 Å². The summed E-state index contributed by atoms with van der Waals surface area (Å²) in [5.41, 5.74) is 3.58. The molecule has 4 rings (SSSR count). The minimum absolute atomic E-state index is 0.0300. The summed E-state index contributed by atoms with van der Waals surface area (Å²) in [5, 5.41) is 2.98. The molecule has 1 aromatic heterocycles. The number of benzene rings is 1. The first-order valence-electron chi connectivity index (χ1n) is 10.8. The highest BCUT2D eigenvalue weighted by atomic mass is 16.2. The molecule has 1 N–H and O–H groups in total. The van der Waals surface area contributed by atoms with Gasteiger partial charge in [0.15, 0.2) is 5.82 Å². The van der Waals surface area contributed by atoms with Gasteiger partial charge in [-0.2, -0.15) is 0 Å². The number of carbonyl (C=O) groups excluding carboxylic acids is 2. The Balaban J connectivity index is 1.53. The number of hydrogen-bond donors (Lipinski definition) is 1. The smallest absolute Gasteiger partial charge is 0.289 e. The summed E-state index contributed by atoms with van der Waals surface area (Å²) in [6.07, 6.45) is 4.90. The number of aryl methyl sites for hydroxylation is 1. The highest BCUT2D eigenvalue weighted by Crippen LogP contribution is 2.24. The Morgan fingerprint density at radius 2 is 1.83 bits per heavy atom. The molecular formula is C23H30N4O2. The van der Waals surface area contributed by atoms with Gasteiger partial charge in [-0.05, 0) is 50.5 Å². The molecular weight excluding hydrogens is 364 g/mol. The number of carbonyl (C=O) groups is 2. The average molecular weight is 395 g/mol. The van der Waals surface area contributed by atoms with E-state index in [1.54, 1.807) is 0 Å². The lowest BCUT2D eigenvalue weighted by molar-refractivity contribution is 0.0678. The first kappa shape index (κ1) is 19.7. The molecule has 0 spiro atoms. The van der Waals surface area contributed by atoms with E-state index in [9.17, 15) is 9.59 Å². The van der Waals surface area contributed by atoms with Crippen molar-refractivity contribution < 1.29 is 9.59 Å². The largest absolute Gasteiger partial charge is 0.347 e. The molecule has 0 bridgehead atoms. The number of nitrogens with one attached hydrogen (secondary N) is 1. The number of rotatable bonds is 4. The lowest BCUT2D eigenvalue weighted by Gasteiger charge is -2.30. The van der Waals surface area contributed by atoms with E-state index in [4.69, 9.17) is 0 Å². The lowest BCUT2D eigenvalue weighted by Crippen LogP contribution is -2.39. The molecule has 0 unspecified atom stereocenters. The van der Waals surface area contributed by atoms with E-state index in [0.717, 1.165) is 63.0 Å². The zero-order valence-electron chi connectivity index (χ0n) is 17.4. The van der Waals surface area contributed by atoms with Crippen LogP contribution in [0.4, 0.5) is 0 Å². The number of likely N-dealkylation sites (tertiary alicyclic amines) is 1. The highest BCUT2D eigenvalue weighted by Gasteiger charge is 2.31. The van der Waals surface area contributed by atoms with Crippen LogP contribution in [-0.2, 0) is 19.5 Å². The van der Waals surface area contributed by atoms with Crippen LogP contribution in [0.25, 0.3) is 0 Å². The highest BCUT2D eigenvalue weighted by molar-refractivity contribution is 5.97. The van der Waals surface area contributed by atoms with Crippen LogP contribution < -0.4 is 5.32 Å². The Bertz CT molecular complexity index is 892. The Kier molecular flexibility index (Phi) is 5.69. The van der Waals surface area contributed by atoms with E-state index < -0.39 is 0 Å². The quantitative estimate of drug-likeness (QED) is 0.865. The van der Waals surface area contributed by atoms with Crippen LogP contribution in [0.15, 0.2) is 24.3 Å². The molecule has 1 aromatic carbocycles. The van der Waals surface area contributed by atoms with Crippen LogP contribution in [0.2, 0.25) is 0 Å². The molecule has 2 aliphatic rings. The van der Waals surface area contributed by atoms with E-state index in [2.05, 4.69) is 17.2 Å². The molecule has 154 valence electrons. The number of nitrogens with zero attached hydrogens (tertiary/aromatic N) is 3. The SMILES string of the molecule is Cc1ccc(CNC(=O)c2nc(C(=O)N3CCC(C)CC3)n3c2CCCC3)cc1. The van der Waals surface area contributed by atoms with Gasteiger partial charge in [0.05, 0.1) is 5.69 Å². The van der Waals surface area contributed by atoms with Gasteiger partial charge in [-0.3, -0.25) is 9.59 Å². The number of imidazole rings is 1. The lowest BCUT2D eigenvalue weighted by atomic mass is 9.99.